The van der Waals surface area contributed by atoms with Crippen LogP contribution in [-0.2, 0) is 14.8 Å². The predicted molar refractivity (Wildman–Crippen MR) is 105 cm³/mol. The molecule has 2 N–H and O–H groups in total. The normalized spacial score (nSPS) is 17.4. The molecular formula is C19H27N4O4S+. The molecular weight excluding hydrogens is 380 g/mol. The van der Waals surface area contributed by atoms with Crippen molar-refractivity contribution in [1.29, 1.82) is 0 Å². The zero-order chi connectivity index (χ0) is 20.5. The highest BCUT2D eigenvalue weighted by atomic mass is 32.2. The van der Waals surface area contributed by atoms with Crippen LogP contribution in [0.2, 0.25) is 0 Å². The van der Waals surface area contributed by atoms with Gasteiger partial charge in [-0.1, -0.05) is 17.3 Å². The van der Waals surface area contributed by atoms with Crippen molar-refractivity contribution in [3.05, 3.63) is 41.2 Å². The maximum Gasteiger partial charge on any atom is 0.283 e. The summed E-state index contributed by atoms with van der Waals surface area (Å²) in [6.45, 7) is 9.19. The first-order valence-corrected chi connectivity index (χ1v) is 10.8. The molecule has 1 fully saturated rings. The summed E-state index contributed by atoms with van der Waals surface area (Å²) in [7, 11) is -3.53. The standard InChI is InChI=1S/C19H26N4O4S/c1-13-5-6-14(2)17(11-13)28(25,26)23-9-7-22(8-10-23)16(4)19(24)20-18-12-15(3)27-21-18/h5-6,11-12,16H,7-10H2,1-4H3,(H,20,21,24)/p+1/t16-/m1/s1. The van der Waals surface area contributed by atoms with Gasteiger partial charge in [-0.05, 0) is 44.9 Å². The van der Waals surface area contributed by atoms with Crippen LogP contribution in [0, 0.1) is 20.8 Å². The van der Waals surface area contributed by atoms with Crippen LogP contribution in [-0.4, -0.2) is 56.0 Å². The second-order valence-electron chi connectivity index (χ2n) is 7.37. The van der Waals surface area contributed by atoms with Gasteiger partial charge in [0.05, 0.1) is 31.1 Å². The van der Waals surface area contributed by atoms with Gasteiger partial charge in [0.1, 0.15) is 5.76 Å². The molecule has 0 radical (unpaired) electrons. The number of piperazine rings is 1. The lowest BCUT2D eigenvalue weighted by Gasteiger charge is -2.34. The fourth-order valence-electron chi connectivity index (χ4n) is 3.42. The minimum Gasteiger partial charge on any atom is -0.360 e. The smallest absolute Gasteiger partial charge is 0.283 e. The molecule has 9 heteroatoms. The fraction of sp³-hybridized carbons (Fsp3) is 0.474. The molecule has 0 spiro atoms. The molecule has 2 heterocycles. The SMILES string of the molecule is Cc1ccc(C)c(S(=O)(=O)N2CC[NH+]([C@H](C)C(=O)Nc3cc(C)on3)CC2)c1. The molecule has 3 rings (SSSR count). The highest BCUT2D eigenvalue weighted by Gasteiger charge is 2.35. The first kappa shape index (κ1) is 20.5. The van der Waals surface area contributed by atoms with Crippen LogP contribution in [0.3, 0.4) is 0 Å². The van der Waals surface area contributed by atoms with Crippen LogP contribution in [0.15, 0.2) is 33.7 Å². The molecule has 1 aromatic heterocycles. The highest BCUT2D eigenvalue weighted by Crippen LogP contribution is 2.21. The minimum atomic E-state index is -3.53. The van der Waals surface area contributed by atoms with Crippen molar-refractivity contribution in [3.63, 3.8) is 0 Å². The third-order valence-electron chi connectivity index (χ3n) is 5.21. The van der Waals surface area contributed by atoms with E-state index in [0.717, 1.165) is 16.0 Å². The lowest BCUT2D eigenvalue weighted by Crippen LogP contribution is -3.19. The summed E-state index contributed by atoms with van der Waals surface area (Å²) in [5.74, 6) is 0.861. The van der Waals surface area contributed by atoms with E-state index in [1.807, 2.05) is 32.9 Å². The van der Waals surface area contributed by atoms with Crippen LogP contribution >= 0.6 is 0 Å². The number of benzene rings is 1. The Labute approximate surface area is 165 Å². The molecule has 0 saturated carbocycles. The average Bonchev–Trinajstić information content (AvgIpc) is 3.07. The van der Waals surface area contributed by atoms with Crippen molar-refractivity contribution < 1.29 is 22.6 Å². The van der Waals surface area contributed by atoms with Crippen molar-refractivity contribution in [3.8, 4) is 0 Å². The summed E-state index contributed by atoms with van der Waals surface area (Å²) in [6.07, 6.45) is 0. The third kappa shape index (κ3) is 4.26. The number of aryl methyl sites for hydroxylation is 3. The van der Waals surface area contributed by atoms with E-state index in [0.29, 0.717) is 42.7 Å². The van der Waals surface area contributed by atoms with E-state index in [4.69, 9.17) is 4.52 Å². The maximum absolute atomic E-state index is 13.0. The van der Waals surface area contributed by atoms with Gasteiger partial charge in [-0.25, -0.2) is 8.42 Å². The Hall–Kier alpha value is -2.23. The molecule has 2 aromatic rings. The highest BCUT2D eigenvalue weighted by molar-refractivity contribution is 7.89. The van der Waals surface area contributed by atoms with Crippen LogP contribution in [0.5, 0.6) is 0 Å². The zero-order valence-electron chi connectivity index (χ0n) is 16.7. The van der Waals surface area contributed by atoms with E-state index in [9.17, 15) is 13.2 Å². The largest absolute Gasteiger partial charge is 0.360 e. The number of hydrogen-bond donors (Lipinski definition) is 2. The molecule has 1 aliphatic heterocycles. The summed E-state index contributed by atoms with van der Waals surface area (Å²) >= 11 is 0. The van der Waals surface area contributed by atoms with E-state index in [-0.39, 0.29) is 11.9 Å². The number of carbonyl (C=O) groups excluding carboxylic acids is 1. The quantitative estimate of drug-likeness (QED) is 0.753. The second-order valence-corrected chi connectivity index (χ2v) is 9.27. The van der Waals surface area contributed by atoms with Crippen LogP contribution in [0.25, 0.3) is 0 Å². The van der Waals surface area contributed by atoms with E-state index in [1.54, 1.807) is 19.1 Å². The van der Waals surface area contributed by atoms with Crippen LogP contribution in [0.1, 0.15) is 23.8 Å². The van der Waals surface area contributed by atoms with Gasteiger partial charge in [0.15, 0.2) is 11.9 Å². The summed E-state index contributed by atoms with van der Waals surface area (Å²) < 4.78 is 32.5. The number of nitrogens with zero attached hydrogens (tertiary/aromatic N) is 2. The van der Waals surface area contributed by atoms with E-state index in [1.165, 1.54) is 4.31 Å². The number of hydrogen-bond acceptors (Lipinski definition) is 5. The number of amides is 1. The second kappa shape index (κ2) is 8.02. The molecule has 8 nitrogen and oxygen atoms in total. The summed E-state index contributed by atoms with van der Waals surface area (Å²) in [5, 5.41) is 6.52. The molecule has 1 aromatic carbocycles. The molecule has 1 saturated heterocycles. The van der Waals surface area contributed by atoms with Gasteiger partial charge in [0.25, 0.3) is 5.91 Å². The van der Waals surface area contributed by atoms with Crippen LogP contribution < -0.4 is 10.2 Å². The molecule has 1 atom stereocenters. The Kier molecular flexibility index (Phi) is 5.87. The van der Waals surface area contributed by atoms with Gasteiger partial charge in [0.2, 0.25) is 10.0 Å². The average molecular weight is 408 g/mol. The Morgan fingerprint density at radius 3 is 2.50 bits per heavy atom. The van der Waals surface area contributed by atoms with Gasteiger partial charge in [-0.15, -0.1) is 0 Å². The van der Waals surface area contributed by atoms with Crippen LogP contribution in [0.4, 0.5) is 5.82 Å². The molecule has 1 amide bonds. The van der Waals surface area contributed by atoms with Gasteiger partial charge in [0, 0.05) is 6.07 Å². The number of carbonyl (C=O) groups is 1. The van der Waals surface area contributed by atoms with Gasteiger partial charge in [-0.3, -0.25) is 4.79 Å². The third-order valence-corrected chi connectivity index (χ3v) is 7.25. The Bertz CT molecular complexity index is 962. The number of sulfonamides is 1. The van der Waals surface area contributed by atoms with E-state index >= 15 is 0 Å². The topological polar surface area (TPSA) is 97.0 Å². The first-order valence-electron chi connectivity index (χ1n) is 9.34. The van der Waals surface area contributed by atoms with Crippen molar-refractivity contribution >= 4 is 21.7 Å². The van der Waals surface area contributed by atoms with E-state index < -0.39 is 10.0 Å². The fourth-order valence-corrected chi connectivity index (χ4v) is 5.17. The van der Waals surface area contributed by atoms with Gasteiger partial charge >= 0.3 is 0 Å². The maximum atomic E-state index is 13.0. The Balaban J connectivity index is 1.63. The molecule has 152 valence electrons. The minimum absolute atomic E-state index is 0.158. The van der Waals surface area contributed by atoms with Crippen molar-refractivity contribution in [2.75, 3.05) is 31.5 Å². The Morgan fingerprint density at radius 2 is 1.89 bits per heavy atom. The molecule has 1 aliphatic rings. The summed E-state index contributed by atoms with van der Waals surface area (Å²) in [5.41, 5.74) is 1.66. The predicted octanol–water partition coefficient (Wildman–Crippen LogP) is 0.516. The summed E-state index contributed by atoms with van der Waals surface area (Å²) in [4.78, 5) is 13.9. The van der Waals surface area contributed by atoms with Crippen molar-refractivity contribution in [1.82, 2.24) is 9.46 Å². The monoisotopic (exact) mass is 407 g/mol. The molecule has 0 aliphatic carbocycles. The Morgan fingerprint density at radius 1 is 1.21 bits per heavy atom. The molecule has 28 heavy (non-hydrogen) atoms. The van der Waals surface area contributed by atoms with Crippen molar-refractivity contribution in [2.45, 2.75) is 38.6 Å². The van der Waals surface area contributed by atoms with Crippen molar-refractivity contribution in [2.24, 2.45) is 0 Å². The number of rotatable bonds is 5. The summed E-state index contributed by atoms with van der Waals surface area (Å²) in [6, 6.07) is 6.81. The number of aromatic nitrogens is 1. The van der Waals surface area contributed by atoms with Gasteiger partial charge in [-0.2, -0.15) is 4.31 Å². The lowest BCUT2D eigenvalue weighted by atomic mass is 10.2. The lowest BCUT2D eigenvalue weighted by molar-refractivity contribution is -0.917. The van der Waals surface area contributed by atoms with E-state index in [2.05, 4.69) is 10.5 Å². The first-order chi connectivity index (χ1) is 13.2. The number of nitrogens with one attached hydrogen (secondary N) is 2. The van der Waals surface area contributed by atoms with Gasteiger partial charge < -0.3 is 14.7 Å². The zero-order valence-corrected chi connectivity index (χ0v) is 17.5. The molecule has 0 unspecified atom stereocenters. The number of anilines is 1. The molecule has 0 bridgehead atoms. The number of quaternary nitrogens is 1.